The zero-order chi connectivity index (χ0) is 33.7. The monoisotopic (exact) mass is 661 g/mol. The summed E-state index contributed by atoms with van der Waals surface area (Å²) in [5.41, 5.74) is 0.907. The molecule has 0 unspecified atom stereocenters. The molecule has 4 N–H and O–H groups in total. The van der Waals surface area contributed by atoms with E-state index < -0.39 is 29.7 Å². The molecule has 3 aliphatic rings. The predicted molar refractivity (Wildman–Crippen MR) is 168 cm³/mol. The topological polar surface area (TPSA) is 210 Å². The lowest BCUT2D eigenvalue weighted by atomic mass is 9.89. The van der Waals surface area contributed by atoms with Crippen molar-refractivity contribution >= 4 is 58.3 Å². The van der Waals surface area contributed by atoms with Gasteiger partial charge in [0, 0.05) is 65.9 Å². The molecule has 4 amide bonds. The molecule has 1 saturated heterocycles. The summed E-state index contributed by atoms with van der Waals surface area (Å²) in [6, 6.07) is 12.5. The molecular weight excluding hydrogens is 634 g/mol. The highest BCUT2D eigenvalue weighted by atomic mass is 32.2. The highest BCUT2D eigenvalue weighted by Gasteiger charge is 2.32. The van der Waals surface area contributed by atoms with E-state index in [-0.39, 0.29) is 89.0 Å². The van der Waals surface area contributed by atoms with Crippen LogP contribution in [0.1, 0.15) is 40.0 Å². The summed E-state index contributed by atoms with van der Waals surface area (Å²) in [4.78, 5) is 89.2. The predicted octanol–water partition coefficient (Wildman–Crippen LogP) is 2.55. The number of hydrogen-bond donors (Lipinski definition) is 4. The first-order valence-electron chi connectivity index (χ1n) is 14.3. The van der Waals surface area contributed by atoms with Crippen LogP contribution in [0.25, 0.3) is 33.4 Å². The van der Waals surface area contributed by atoms with Crippen LogP contribution < -0.4 is 16.1 Å². The fraction of sp³-hybridized carbons (Fsp3) is 0.219. The van der Waals surface area contributed by atoms with Crippen LogP contribution in [0.15, 0.2) is 63.8 Å². The molecule has 2 aliphatic heterocycles. The molecule has 2 heterocycles. The lowest BCUT2D eigenvalue weighted by Crippen LogP contribution is -2.35. The molecular formula is C32H27N3O11S. The number of hydroxylamine groups is 2. The molecule has 2 aromatic carbocycles. The average molecular weight is 662 g/mol. The average Bonchev–Trinajstić information content (AvgIpc) is 3.35. The Morgan fingerprint density at radius 1 is 0.894 bits per heavy atom. The summed E-state index contributed by atoms with van der Waals surface area (Å²) < 4.78 is 5.84. The highest BCUT2D eigenvalue weighted by molar-refractivity contribution is 7.99. The molecule has 1 fully saturated rings. The Bertz CT molecular complexity index is 1940. The number of amides is 4. The van der Waals surface area contributed by atoms with Crippen molar-refractivity contribution in [3.05, 3.63) is 75.9 Å². The Labute approximate surface area is 270 Å². The number of aromatic hydroxyl groups is 1. The van der Waals surface area contributed by atoms with Crippen LogP contribution in [0, 0.1) is 0 Å². The van der Waals surface area contributed by atoms with Crippen LogP contribution in [-0.2, 0) is 24.0 Å². The SMILES string of the molecule is O=C(CSCCC(=O)ON1C(=O)CCC1=O)NCCNC(=O)c1ccc(C(=O)O)c(-c2c3ccc(=O)cc-3oc3cc(O)ccc23)c1. The molecule has 0 saturated carbocycles. The normalized spacial score (nSPS) is 12.8. The second-order valence-corrected chi connectivity index (χ2v) is 11.4. The van der Waals surface area contributed by atoms with Crippen molar-refractivity contribution in [2.24, 2.45) is 0 Å². The summed E-state index contributed by atoms with van der Waals surface area (Å²) in [5, 5.41) is 26.2. The standard InChI is InChI=1S/C32H27N3O11S/c36-18-2-5-21-24(14-18)45-25-15-19(37)3-6-22(25)30(21)23-13-17(1-4-20(23)32(43)44)31(42)34-11-10-33-26(38)16-47-12-9-29(41)46-35-27(39)7-8-28(35)40/h1-6,13-15,36H,7-12,16H2,(H,33,38)(H,34,42)(H,43,44). The fourth-order valence-corrected chi connectivity index (χ4v) is 5.63. The number of benzene rings is 3. The minimum atomic E-state index is -1.25. The maximum absolute atomic E-state index is 13.1. The Hall–Kier alpha value is -5.70. The second kappa shape index (κ2) is 14.2. The number of nitrogens with one attached hydrogen (secondary N) is 2. The summed E-state index contributed by atoms with van der Waals surface area (Å²) in [6.45, 7) is 0.139. The minimum Gasteiger partial charge on any atom is -0.508 e. The van der Waals surface area contributed by atoms with Crippen molar-refractivity contribution in [3.8, 4) is 28.2 Å². The van der Waals surface area contributed by atoms with E-state index in [4.69, 9.17) is 9.25 Å². The summed E-state index contributed by atoms with van der Waals surface area (Å²) in [5.74, 6) is -3.74. The highest BCUT2D eigenvalue weighted by Crippen LogP contribution is 2.42. The van der Waals surface area contributed by atoms with Gasteiger partial charge in [-0.2, -0.15) is 11.8 Å². The first kappa shape index (κ1) is 32.7. The number of imide groups is 1. The molecule has 15 heteroatoms. The fourth-order valence-electron chi connectivity index (χ4n) is 4.88. The molecule has 242 valence electrons. The van der Waals surface area contributed by atoms with Crippen molar-refractivity contribution in [2.45, 2.75) is 19.3 Å². The van der Waals surface area contributed by atoms with E-state index in [1.165, 1.54) is 48.5 Å². The van der Waals surface area contributed by atoms with E-state index in [2.05, 4.69) is 10.6 Å². The van der Waals surface area contributed by atoms with Gasteiger partial charge in [0.2, 0.25) is 5.91 Å². The lowest BCUT2D eigenvalue weighted by molar-refractivity contribution is -0.197. The van der Waals surface area contributed by atoms with Gasteiger partial charge in [-0.15, -0.1) is 5.06 Å². The van der Waals surface area contributed by atoms with Crippen LogP contribution in [0.4, 0.5) is 0 Å². The summed E-state index contributed by atoms with van der Waals surface area (Å²) in [7, 11) is 0. The molecule has 1 aliphatic carbocycles. The number of rotatable bonds is 12. The Kier molecular flexibility index (Phi) is 9.85. The van der Waals surface area contributed by atoms with Crippen LogP contribution in [-0.4, -0.2) is 75.4 Å². The van der Waals surface area contributed by atoms with Gasteiger partial charge in [-0.25, -0.2) is 9.59 Å². The van der Waals surface area contributed by atoms with Crippen molar-refractivity contribution in [1.29, 1.82) is 0 Å². The number of phenols is 1. The van der Waals surface area contributed by atoms with E-state index >= 15 is 0 Å². The number of carboxylic acid groups (broad SMARTS) is 1. The number of aromatic carboxylic acids is 1. The van der Waals surface area contributed by atoms with E-state index in [1.807, 2.05) is 0 Å². The van der Waals surface area contributed by atoms with E-state index in [1.54, 1.807) is 6.07 Å². The van der Waals surface area contributed by atoms with Gasteiger partial charge >= 0.3 is 11.9 Å². The Morgan fingerprint density at radius 3 is 2.38 bits per heavy atom. The Morgan fingerprint density at radius 2 is 1.64 bits per heavy atom. The second-order valence-electron chi connectivity index (χ2n) is 10.3. The first-order chi connectivity index (χ1) is 22.5. The molecule has 2 aromatic rings. The third-order valence-electron chi connectivity index (χ3n) is 7.07. The van der Waals surface area contributed by atoms with E-state index in [9.17, 15) is 43.8 Å². The molecule has 47 heavy (non-hydrogen) atoms. The van der Waals surface area contributed by atoms with Crippen molar-refractivity contribution in [1.82, 2.24) is 15.7 Å². The largest absolute Gasteiger partial charge is 0.508 e. The third kappa shape index (κ3) is 7.58. The van der Waals surface area contributed by atoms with Crippen LogP contribution in [0.2, 0.25) is 0 Å². The zero-order valence-corrected chi connectivity index (χ0v) is 25.4. The lowest BCUT2D eigenvalue weighted by Gasteiger charge is -2.17. The quantitative estimate of drug-likeness (QED) is 0.0981. The third-order valence-corrected chi connectivity index (χ3v) is 8.03. The Balaban J connectivity index is 1.20. The maximum Gasteiger partial charge on any atom is 0.336 e. The van der Waals surface area contributed by atoms with Gasteiger partial charge in [0.15, 0.2) is 5.43 Å². The van der Waals surface area contributed by atoms with Gasteiger partial charge in [-0.3, -0.25) is 24.0 Å². The molecule has 0 atom stereocenters. The number of phenolic OH excluding ortho intramolecular Hbond substituents is 1. The molecule has 0 spiro atoms. The minimum absolute atomic E-state index is 0.00326. The van der Waals surface area contributed by atoms with Crippen molar-refractivity contribution in [3.63, 3.8) is 0 Å². The van der Waals surface area contributed by atoms with Crippen LogP contribution >= 0.6 is 11.8 Å². The van der Waals surface area contributed by atoms with Gasteiger partial charge < -0.3 is 30.1 Å². The van der Waals surface area contributed by atoms with Gasteiger partial charge in [-0.1, -0.05) is 0 Å². The molecule has 14 nitrogen and oxygen atoms in total. The van der Waals surface area contributed by atoms with Gasteiger partial charge in [0.1, 0.15) is 17.1 Å². The van der Waals surface area contributed by atoms with Crippen molar-refractivity contribution in [2.75, 3.05) is 24.6 Å². The smallest absolute Gasteiger partial charge is 0.336 e. The van der Waals surface area contributed by atoms with Gasteiger partial charge in [0.25, 0.3) is 17.7 Å². The first-order valence-corrected chi connectivity index (χ1v) is 15.4. The summed E-state index contributed by atoms with van der Waals surface area (Å²) >= 11 is 1.14. The number of carbonyl (C=O) groups is 6. The summed E-state index contributed by atoms with van der Waals surface area (Å²) in [6.07, 6.45) is -0.118. The van der Waals surface area contributed by atoms with E-state index in [0.717, 1.165) is 11.8 Å². The van der Waals surface area contributed by atoms with Gasteiger partial charge in [0.05, 0.1) is 17.7 Å². The van der Waals surface area contributed by atoms with E-state index in [0.29, 0.717) is 21.6 Å². The number of carboxylic acids is 1. The zero-order valence-electron chi connectivity index (χ0n) is 24.6. The van der Waals surface area contributed by atoms with Crippen molar-refractivity contribution < 1.29 is 48.2 Å². The van der Waals surface area contributed by atoms with Crippen LogP contribution in [0.3, 0.4) is 0 Å². The number of carbonyl (C=O) groups excluding carboxylic acids is 5. The molecule has 0 bridgehead atoms. The number of hydrogen-bond acceptors (Lipinski definition) is 11. The molecule has 0 radical (unpaired) electrons. The number of nitrogens with zero attached hydrogens (tertiary/aromatic N) is 1. The molecule has 5 rings (SSSR count). The number of fused-ring (bicyclic) bond motifs is 2. The van der Waals surface area contributed by atoms with Gasteiger partial charge in [-0.05, 0) is 48.0 Å². The maximum atomic E-state index is 13.1. The molecule has 0 aromatic heterocycles. The van der Waals surface area contributed by atoms with Crippen LogP contribution in [0.5, 0.6) is 5.75 Å². The number of thioether (sulfide) groups is 1.